The average Bonchev–Trinajstić information content (AvgIpc) is 2.49. The van der Waals surface area contributed by atoms with E-state index in [4.69, 9.17) is 5.73 Å². The minimum absolute atomic E-state index is 0. The van der Waals surface area contributed by atoms with Crippen molar-refractivity contribution in [2.24, 2.45) is 5.73 Å². The van der Waals surface area contributed by atoms with Crippen molar-refractivity contribution in [2.75, 3.05) is 25.9 Å². The van der Waals surface area contributed by atoms with Gasteiger partial charge in [-0.05, 0) is 32.1 Å². The molecule has 1 rings (SSSR count). The van der Waals surface area contributed by atoms with Crippen molar-refractivity contribution >= 4 is 41.7 Å². The number of rotatable bonds is 9. The van der Waals surface area contributed by atoms with E-state index in [0.29, 0.717) is 11.4 Å². The number of nitro benzene ring substituents is 1. The molecule has 8 nitrogen and oxygen atoms in total. The van der Waals surface area contributed by atoms with Crippen molar-refractivity contribution in [3.8, 4) is 0 Å². The normalized spacial score (nSPS) is 9.78. The molecule has 0 aliphatic rings. The Hall–Kier alpha value is -1.84. The molecular weight excluding hydrogens is 344 g/mol. The lowest BCUT2D eigenvalue weighted by Gasteiger charge is -2.06. The molecule has 0 aliphatic heterocycles. The van der Waals surface area contributed by atoms with Crippen LogP contribution in [0.2, 0.25) is 0 Å². The van der Waals surface area contributed by atoms with E-state index < -0.39 is 10.8 Å². The lowest BCUT2D eigenvalue weighted by Crippen LogP contribution is -2.28. The van der Waals surface area contributed by atoms with Crippen LogP contribution in [0.3, 0.4) is 0 Å². The van der Waals surface area contributed by atoms with Gasteiger partial charge in [0, 0.05) is 18.2 Å². The van der Waals surface area contributed by atoms with E-state index in [2.05, 4.69) is 10.6 Å². The summed E-state index contributed by atoms with van der Waals surface area (Å²) < 4.78 is 0. The number of carbonyl (C=O) groups is 2. The summed E-state index contributed by atoms with van der Waals surface area (Å²) in [6, 6.07) is 3.95. The maximum Gasteiger partial charge on any atom is 0.283 e. The zero-order valence-corrected chi connectivity index (χ0v) is 14.2. The van der Waals surface area contributed by atoms with Crippen molar-refractivity contribution in [1.29, 1.82) is 0 Å². The molecule has 0 saturated heterocycles. The van der Waals surface area contributed by atoms with Gasteiger partial charge >= 0.3 is 0 Å². The van der Waals surface area contributed by atoms with E-state index in [0.717, 1.165) is 30.8 Å². The Morgan fingerprint density at radius 2 is 2.04 bits per heavy atom. The van der Waals surface area contributed by atoms with E-state index in [-0.39, 0.29) is 35.3 Å². The third-order valence-electron chi connectivity index (χ3n) is 2.72. The van der Waals surface area contributed by atoms with E-state index in [9.17, 15) is 19.7 Å². The maximum atomic E-state index is 11.6. The molecule has 0 saturated carbocycles. The number of benzene rings is 1. The van der Waals surface area contributed by atoms with Gasteiger partial charge in [-0.1, -0.05) is 0 Å². The second kappa shape index (κ2) is 10.8. The Morgan fingerprint density at radius 3 is 2.61 bits per heavy atom. The van der Waals surface area contributed by atoms with E-state index in [1.807, 2.05) is 7.05 Å². The number of nitrogens with one attached hydrogen (secondary N) is 2. The van der Waals surface area contributed by atoms with Crippen LogP contribution in [0.1, 0.15) is 16.8 Å². The van der Waals surface area contributed by atoms with Gasteiger partial charge in [0.25, 0.3) is 5.69 Å². The lowest BCUT2D eigenvalue weighted by atomic mass is 10.2. The number of thioether (sulfide) groups is 1. The number of nitro groups is 1. The molecule has 0 aromatic heterocycles. The Morgan fingerprint density at radius 1 is 1.35 bits per heavy atom. The summed E-state index contributed by atoms with van der Waals surface area (Å²) in [5.74, 6) is -0.868. The number of nitrogens with zero attached hydrogens (tertiary/aromatic N) is 1. The average molecular weight is 363 g/mol. The van der Waals surface area contributed by atoms with Gasteiger partial charge in [0.1, 0.15) is 0 Å². The van der Waals surface area contributed by atoms with Gasteiger partial charge in [-0.25, -0.2) is 0 Å². The Bertz CT molecular complexity index is 571. The van der Waals surface area contributed by atoms with Gasteiger partial charge in [0.05, 0.1) is 15.6 Å². The number of primary amides is 1. The largest absolute Gasteiger partial charge is 0.366 e. The third kappa shape index (κ3) is 7.31. The highest BCUT2D eigenvalue weighted by Crippen LogP contribution is 2.29. The Labute approximate surface area is 144 Å². The summed E-state index contributed by atoms with van der Waals surface area (Å²) in [4.78, 5) is 33.4. The highest BCUT2D eigenvalue weighted by atomic mass is 35.5. The third-order valence-corrected chi connectivity index (χ3v) is 3.79. The van der Waals surface area contributed by atoms with Crippen LogP contribution in [0.5, 0.6) is 0 Å². The summed E-state index contributed by atoms with van der Waals surface area (Å²) in [6.07, 6.45) is 0.806. The van der Waals surface area contributed by atoms with Crippen LogP contribution in [0.4, 0.5) is 5.69 Å². The fourth-order valence-electron chi connectivity index (χ4n) is 1.62. The summed E-state index contributed by atoms with van der Waals surface area (Å²) in [5.41, 5.74) is 4.93. The second-order valence-corrected chi connectivity index (χ2v) is 5.42. The Balaban J connectivity index is 0.00000484. The first-order valence-electron chi connectivity index (χ1n) is 6.58. The number of nitrogens with two attached hydrogens (primary N) is 1. The molecular formula is C13H19ClN4O4S. The minimum Gasteiger partial charge on any atom is -0.366 e. The minimum atomic E-state index is -0.734. The first kappa shape index (κ1) is 21.2. The van der Waals surface area contributed by atoms with Crippen LogP contribution in [0, 0.1) is 10.1 Å². The summed E-state index contributed by atoms with van der Waals surface area (Å²) in [5, 5.41) is 16.7. The fraction of sp³-hybridized carbons (Fsp3) is 0.385. The van der Waals surface area contributed by atoms with Crippen LogP contribution in [0.15, 0.2) is 23.1 Å². The van der Waals surface area contributed by atoms with Crippen LogP contribution in [-0.2, 0) is 4.79 Å². The predicted molar refractivity (Wildman–Crippen MR) is 91.1 cm³/mol. The van der Waals surface area contributed by atoms with Crippen molar-refractivity contribution in [2.45, 2.75) is 11.3 Å². The van der Waals surface area contributed by atoms with Gasteiger partial charge in [-0.15, -0.1) is 24.2 Å². The first-order valence-corrected chi connectivity index (χ1v) is 7.56. The highest BCUT2D eigenvalue weighted by molar-refractivity contribution is 8.00. The monoisotopic (exact) mass is 362 g/mol. The summed E-state index contributed by atoms with van der Waals surface area (Å²) >= 11 is 1.05. The van der Waals surface area contributed by atoms with E-state index in [1.165, 1.54) is 12.1 Å². The molecule has 0 aliphatic carbocycles. The van der Waals surface area contributed by atoms with Gasteiger partial charge in [-0.3, -0.25) is 19.7 Å². The lowest BCUT2D eigenvalue weighted by molar-refractivity contribution is -0.387. The number of halogens is 1. The molecule has 1 aromatic rings. The molecule has 0 heterocycles. The standard InChI is InChI=1S/C13H18N4O4S.ClH/c1-15-5-2-6-16-12(18)8-22-11-4-3-9(13(14)19)7-10(11)17(20)21;/h3-4,7,15H,2,5-6,8H2,1H3,(H2,14,19)(H,16,18);1H. The smallest absolute Gasteiger partial charge is 0.283 e. The molecule has 2 amide bonds. The molecule has 0 radical (unpaired) electrons. The topological polar surface area (TPSA) is 127 Å². The second-order valence-electron chi connectivity index (χ2n) is 4.40. The first-order chi connectivity index (χ1) is 10.5. The molecule has 0 fully saturated rings. The predicted octanol–water partition coefficient (Wildman–Crippen LogP) is 0.933. The molecule has 23 heavy (non-hydrogen) atoms. The number of amides is 2. The highest BCUT2D eigenvalue weighted by Gasteiger charge is 2.17. The number of hydrogen-bond acceptors (Lipinski definition) is 6. The molecule has 1 aromatic carbocycles. The molecule has 0 bridgehead atoms. The zero-order chi connectivity index (χ0) is 16.5. The zero-order valence-electron chi connectivity index (χ0n) is 12.5. The van der Waals surface area contributed by atoms with Gasteiger partial charge in [0.15, 0.2) is 0 Å². The SMILES string of the molecule is CNCCCNC(=O)CSc1ccc(C(N)=O)cc1[N+](=O)[O-].Cl. The van der Waals surface area contributed by atoms with Crippen LogP contribution in [-0.4, -0.2) is 42.6 Å². The molecule has 4 N–H and O–H groups in total. The van der Waals surface area contributed by atoms with Crippen molar-refractivity contribution in [3.63, 3.8) is 0 Å². The van der Waals surface area contributed by atoms with Crippen molar-refractivity contribution < 1.29 is 14.5 Å². The summed E-state index contributed by atoms with van der Waals surface area (Å²) in [6.45, 7) is 1.34. The molecule has 0 atom stereocenters. The number of carbonyl (C=O) groups excluding carboxylic acids is 2. The van der Waals surface area contributed by atoms with Gasteiger partial charge in [-0.2, -0.15) is 0 Å². The van der Waals surface area contributed by atoms with Gasteiger partial charge < -0.3 is 16.4 Å². The maximum absolute atomic E-state index is 11.6. The summed E-state index contributed by atoms with van der Waals surface area (Å²) in [7, 11) is 1.83. The van der Waals surface area contributed by atoms with Crippen LogP contribution >= 0.6 is 24.2 Å². The van der Waals surface area contributed by atoms with Gasteiger partial charge in [0.2, 0.25) is 11.8 Å². The Kier molecular flexibility index (Phi) is 9.95. The number of hydrogen-bond donors (Lipinski definition) is 3. The van der Waals surface area contributed by atoms with Crippen molar-refractivity contribution in [3.05, 3.63) is 33.9 Å². The van der Waals surface area contributed by atoms with Crippen LogP contribution in [0.25, 0.3) is 0 Å². The molecule has 0 spiro atoms. The molecule has 0 unspecified atom stereocenters. The molecule has 128 valence electrons. The quantitative estimate of drug-likeness (QED) is 0.259. The fourth-order valence-corrected chi connectivity index (χ4v) is 2.46. The van der Waals surface area contributed by atoms with E-state index in [1.54, 1.807) is 0 Å². The van der Waals surface area contributed by atoms with Crippen LogP contribution < -0.4 is 16.4 Å². The molecule has 10 heteroatoms. The van der Waals surface area contributed by atoms with Crippen molar-refractivity contribution in [1.82, 2.24) is 10.6 Å². The van der Waals surface area contributed by atoms with E-state index >= 15 is 0 Å².